The van der Waals surface area contributed by atoms with Crippen LogP contribution in [0.2, 0.25) is 0 Å². The molecule has 2 saturated heterocycles. The highest BCUT2D eigenvalue weighted by Gasteiger charge is 2.34. The summed E-state index contributed by atoms with van der Waals surface area (Å²) in [6.07, 6.45) is 2.29. The molecule has 2 heterocycles. The summed E-state index contributed by atoms with van der Waals surface area (Å²) in [6, 6.07) is 30.9. The standard InChI is InChI=1S/C42H48N4O8/c47-29-30-9-11-33(12-10-30)39-26-38(28-44-21-23-45(24-22-44)36-17-19-37(20-18-36)46(51)52)53-42(54-39)34-15-13-32(14-16-34)35-6-4-5-31(25-35)27-43-40(48)7-2-1-3-8-41(49)50/h4-6,9-20,25,38-39,42,47H,1-3,7-8,21-24,26-29H2,(H,43,48)(H,49,50)/t38-,39+,42+/m1/s1. The highest BCUT2D eigenvalue weighted by molar-refractivity contribution is 5.76. The fourth-order valence-electron chi connectivity index (χ4n) is 7.02. The zero-order valence-electron chi connectivity index (χ0n) is 30.3. The second-order valence-corrected chi connectivity index (χ2v) is 14.0. The number of carbonyl (C=O) groups excluding carboxylic acids is 1. The molecule has 284 valence electrons. The van der Waals surface area contributed by atoms with Crippen LogP contribution in [0.3, 0.4) is 0 Å². The van der Waals surface area contributed by atoms with Crippen molar-refractivity contribution >= 4 is 23.3 Å². The molecule has 4 aromatic rings. The van der Waals surface area contributed by atoms with Crippen molar-refractivity contribution in [3.63, 3.8) is 0 Å². The maximum atomic E-state index is 12.3. The molecule has 2 aliphatic rings. The van der Waals surface area contributed by atoms with E-state index in [2.05, 4.69) is 33.3 Å². The Morgan fingerprint density at radius 2 is 1.50 bits per heavy atom. The SMILES string of the molecule is O=C(O)CCCCCC(=O)NCc1cccc(-c2ccc([C@H]3O[C@@H](CN4CCN(c5ccc([N+](=O)[O-])cc5)CC4)C[C@@H](c4ccc(CO)cc4)O3)cc2)c1. The Morgan fingerprint density at radius 3 is 2.19 bits per heavy atom. The van der Waals surface area contributed by atoms with Gasteiger partial charge in [0.15, 0.2) is 6.29 Å². The number of carboxylic acids is 1. The summed E-state index contributed by atoms with van der Waals surface area (Å²) in [4.78, 5) is 38.4. The Hall–Kier alpha value is -5.14. The first-order chi connectivity index (χ1) is 26.2. The van der Waals surface area contributed by atoms with Gasteiger partial charge in [-0.05, 0) is 58.9 Å². The number of piperazine rings is 1. The van der Waals surface area contributed by atoms with E-state index >= 15 is 0 Å². The van der Waals surface area contributed by atoms with Crippen molar-refractivity contribution in [2.45, 2.75) is 70.2 Å². The fraction of sp³-hybridized carbons (Fsp3) is 0.381. The summed E-state index contributed by atoms with van der Waals surface area (Å²) in [7, 11) is 0. The molecule has 12 heteroatoms. The van der Waals surface area contributed by atoms with Crippen molar-refractivity contribution in [1.82, 2.24) is 10.2 Å². The van der Waals surface area contributed by atoms with E-state index in [1.54, 1.807) is 12.1 Å². The smallest absolute Gasteiger partial charge is 0.303 e. The highest BCUT2D eigenvalue weighted by Crippen LogP contribution is 2.39. The van der Waals surface area contributed by atoms with E-state index in [1.165, 1.54) is 0 Å². The first-order valence-electron chi connectivity index (χ1n) is 18.6. The van der Waals surface area contributed by atoms with Gasteiger partial charge in [-0.2, -0.15) is 0 Å². The summed E-state index contributed by atoms with van der Waals surface area (Å²) in [5.41, 5.74) is 6.90. The number of ether oxygens (including phenoxy) is 2. The second-order valence-electron chi connectivity index (χ2n) is 14.0. The molecule has 1 amide bonds. The number of rotatable bonds is 16. The number of hydrogen-bond donors (Lipinski definition) is 3. The maximum Gasteiger partial charge on any atom is 0.303 e. The number of amides is 1. The predicted molar refractivity (Wildman–Crippen MR) is 205 cm³/mol. The lowest BCUT2D eigenvalue weighted by atomic mass is 9.98. The fourth-order valence-corrected chi connectivity index (χ4v) is 7.02. The van der Waals surface area contributed by atoms with Gasteiger partial charge in [0.2, 0.25) is 5.91 Å². The lowest BCUT2D eigenvalue weighted by Crippen LogP contribution is -2.49. The zero-order valence-corrected chi connectivity index (χ0v) is 30.3. The summed E-state index contributed by atoms with van der Waals surface area (Å²) in [5, 5.41) is 32.4. The third-order valence-corrected chi connectivity index (χ3v) is 10.1. The first kappa shape index (κ1) is 38.6. The molecule has 0 unspecified atom stereocenters. The Morgan fingerprint density at radius 1 is 0.796 bits per heavy atom. The van der Waals surface area contributed by atoms with E-state index in [0.717, 1.165) is 71.8 Å². The molecule has 0 radical (unpaired) electrons. The highest BCUT2D eigenvalue weighted by atomic mass is 16.7. The van der Waals surface area contributed by atoms with Gasteiger partial charge in [-0.3, -0.25) is 24.6 Å². The van der Waals surface area contributed by atoms with Crippen molar-refractivity contribution in [3.05, 3.63) is 129 Å². The number of unbranched alkanes of at least 4 members (excludes halogenated alkanes) is 2. The number of nitro groups is 1. The van der Waals surface area contributed by atoms with Crippen LogP contribution in [-0.2, 0) is 32.2 Å². The van der Waals surface area contributed by atoms with Gasteiger partial charge in [0.05, 0.1) is 23.7 Å². The molecule has 0 bridgehead atoms. The number of anilines is 1. The molecule has 6 rings (SSSR count). The van der Waals surface area contributed by atoms with Gasteiger partial charge in [-0.25, -0.2) is 0 Å². The number of nitrogens with zero attached hydrogens (tertiary/aromatic N) is 3. The number of aliphatic carboxylic acids is 1. The van der Waals surface area contributed by atoms with Crippen LogP contribution in [0.25, 0.3) is 11.1 Å². The summed E-state index contributed by atoms with van der Waals surface area (Å²) >= 11 is 0. The van der Waals surface area contributed by atoms with Crippen LogP contribution >= 0.6 is 0 Å². The van der Waals surface area contributed by atoms with Crippen LogP contribution in [0, 0.1) is 10.1 Å². The van der Waals surface area contributed by atoms with E-state index < -0.39 is 12.3 Å². The number of aliphatic hydroxyl groups excluding tert-OH is 1. The van der Waals surface area contributed by atoms with Crippen LogP contribution in [0.15, 0.2) is 97.1 Å². The lowest BCUT2D eigenvalue weighted by molar-refractivity contribution is -0.384. The van der Waals surface area contributed by atoms with Gasteiger partial charge in [0.25, 0.3) is 5.69 Å². The monoisotopic (exact) mass is 736 g/mol. The minimum atomic E-state index is -0.810. The average molecular weight is 737 g/mol. The van der Waals surface area contributed by atoms with Crippen molar-refractivity contribution in [1.29, 1.82) is 0 Å². The number of benzene rings is 4. The van der Waals surface area contributed by atoms with Crippen LogP contribution < -0.4 is 10.2 Å². The first-order valence-corrected chi connectivity index (χ1v) is 18.6. The largest absolute Gasteiger partial charge is 0.481 e. The molecule has 2 fully saturated rings. The molecule has 3 N–H and O–H groups in total. The zero-order chi connectivity index (χ0) is 37.9. The summed E-state index contributed by atoms with van der Waals surface area (Å²) in [5.74, 6) is -0.853. The molecular weight excluding hydrogens is 688 g/mol. The molecule has 4 aromatic carbocycles. The summed E-state index contributed by atoms with van der Waals surface area (Å²) in [6.45, 7) is 4.43. The lowest BCUT2D eigenvalue weighted by Gasteiger charge is -2.41. The number of carboxylic acid groups (broad SMARTS) is 1. The topological polar surface area (TPSA) is 155 Å². The number of hydrogen-bond acceptors (Lipinski definition) is 9. The normalized spacial score (nSPS) is 19.0. The molecule has 12 nitrogen and oxygen atoms in total. The van der Waals surface area contributed by atoms with E-state index in [9.17, 15) is 24.8 Å². The van der Waals surface area contributed by atoms with Crippen molar-refractivity contribution < 1.29 is 34.2 Å². The number of nitrogens with one attached hydrogen (secondary N) is 1. The van der Waals surface area contributed by atoms with Crippen LogP contribution in [-0.4, -0.2) is 70.7 Å². The van der Waals surface area contributed by atoms with Gasteiger partial charge < -0.3 is 29.9 Å². The van der Waals surface area contributed by atoms with Gasteiger partial charge in [0.1, 0.15) is 0 Å². The minimum absolute atomic E-state index is 0.0203. The van der Waals surface area contributed by atoms with Gasteiger partial charge in [-0.15, -0.1) is 0 Å². The van der Waals surface area contributed by atoms with Gasteiger partial charge >= 0.3 is 5.97 Å². The Labute approximate surface area is 315 Å². The Balaban J connectivity index is 1.07. The Bertz CT molecular complexity index is 1840. The third kappa shape index (κ3) is 10.7. The van der Waals surface area contributed by atoms with E-state index in [0.29, 0.717) is 38.6 Å². The third-order valence-electron chi connectivity index (χ3n) is 10.1. The van der Waals surface area contributed by atoms with Gasteiger partial charge in [-0.1, -0.05) is 73.2 Å². The molecule has 0 aromatic heterocycles. The molecule has 0 aliphatic carbocycles. The Kier molecular flexibility index (Phi) is 13.4. The van der Waals surface area contributed by atoms with Crippen molar-refractivity contribution in [2.75, 3.05) is 37.6 Å². The van der Waals surface area contributed by atoms with Crippen LogP contribution in [0.4, 0.5) is 11.4 Å². The van der Waals surface area contributed by atoms with Crippen LogP contribution in [0.1, 0.15) is 73.2 Å². The molecule has 3 atom stereocenters. The number of non-ortho nitro benzene ring substituents is 1. The average Bonchev–Trinajstić information content (AvgIpc) is 3.20. The number of nitro benzene ring substituents is 1. The molecule has 0 saturated carbocycles. The van der Waals surface area contributed by atoms with E-state index in [4.69, 9.17) is 14.6 Å². The minimum Gasteiger partial charge on any atom is -0.481 e. The molecule has 2 aliphatic heterocycles. The number of carbonyl (C=O) groups is 2. The van der Waals surface area contributed by atoms with E-state index in [-0.39, 0.29) is 41.8 Å². The summed E-state index contributed by atoms with van der Waals surface area (Å²) < 4.78 is 13.2. The molecule has 0 spiro atoms. The van der Waals surface area contributed by atoms with E-state index in [1.807, 2.05) is 66.7 Å². The van der Waals surface area contributed by atoms with Crippen molar-refractivity contribution in [2.24, 2.45) is 0 Å². The van der Waals surface area contributed by atoms with Crippen LogP contribution in [0.5, 0.6) is 0 Å². The number of aliphatic hydroxyl groups is 1. The quantitative estimate of drug-likeness (QED) is 0.0638. The van der Waals surface area contributed by atoms with Gasteiger partial charge in [0, 0.05) is 81.9 Å². The van der Waals surface area contributed by atoms with Crippen molar-refractivity contribution in [3.8, 4) is 11.1 Å². The second kappa shape index (κ2) is 18.8. The molecule has 54 heavy (non-hydrogen) atoms. The maximum absolute atomic E-state index is 12.3. The predicted octanol–water partition coefficient (Wildman–Crippen LogP) is 6.77. The molecular formula is C42H48N4O8.